The highest BCUT2D eigenvalue weighted by molar-refractivity contribution is 7.12. The first-order chi connectivity index (χ1) is 5.24. The zero-order chi connectivity index (χ0) is 8.69. The van der Waals surface area contributed by atoms with Crippen molar-refractivity contribution in [1.29, 1.82) is 5.26 Å². The van der Waals surface area contributed by atoms with Gasteiger partial charge in [0, 0.05) is 4.88 Å². The molecule has 0 aliphatic carbocycles. The molecule has 0 saturated heterocycles. The van der Waals surface area contributed by atoms with Crippen molar-refractivity contribution in [2.75, 3.05) is 0 Å². The van der Waals surface area contributed by atoms with Crippen LogP contribution in [0, 0.1) is 18.3 Å². The Bertz CT molecular complexity index is 232. The maximum absolute atomic E-state index is 8.31. The molecule has 0 amide bonds. The molecule has 0 aliphatic rings. The van der Waals surface area contributed by atoms with Crippen LogP contribution >= 0.6 is 11.3 Å². The van der Waals surface area contributed by atoms with Crippen molar-refractivity contribution in [2.24, 2.45) is 0 Å². The molecule has 0 saturated carbocycles. The summed E-state index contributed by atoms with van der Waals surface area (Å²) in [7, 11) is 0. The molecule has 2 heteroatoms. The minimum Gasteiger partial charge on any atom is -0.192 e. The SMILES string of the molecule is CCC.Cc1ccc(C#N)s1. The summed E-state index contributed by atoms with van der Waals surface area (Å²) < 4.78 is 0. The second kappa shape index (κ2) is 5.94. The molecule has 0 N–H and O–H groups in total. The number of thiophene rings is 1. The van der Waals surface area contributed by atoms with E-state index in [9.17, 15) is 0 Å². The minimum atomic E-state index is 0.794. The molecule has 0 unspecified atom stereocenters. The lowest BCUT2D eigenvalue weighted by molar-refractivity contribution is 1.09. The summed E-state index contributed by atoms with van der Waals surface area (Å²) in [5.41, 5.74) is 0. The van der Waals surface area contributed by atoms with Crippen LogP contribution in [0.3, 0.4) is 0 Å². The molecule has 1 heterocycles. The van der Waals surface area contributed by atoms with Crippen molar-refractivity contribution >= 4 is 11.3 Å². The van der Waals surface area contributed by atoms with Crippen molar-refractivity contribution in [3.8, 4) is 6.07 Å². The number of nitriles is 1. The van der Waals surface area contributed by atoms with Crippen molar-refractivity contribution in [3.63, 3.8) is 0 Å². The molecule has 0 bridgehead atoms. The van der Waals surface area contributed by atoms with Gasteiger partial charge in [-0.15, -0.1) is 11.3 Å². The summed E-state index contributed by atoms with van der Waals surface area (Å²) in [6.45, 7) is 6.24. The van der Waals surface area contributed by atoms with Crippen LogP contribution < -0.4 is 0 Å². The van der Waals surface area contributed by atoms with E-state index in [1.165, 1.54) is 22.6 Å². The summed E-state index contributed by atoms with van der Waals surface area (Å²) >= 11 is 1.53. The number of nitrogens with zero attached hydrogens (tertiary/aromatic N) is 1. The molecule has 0 aromatic carbocycles. The molecular formula is C9H13NS. The first kappa shape index (κ1) is 10.2. The fourth-order valence-corrected chi connectivity index (χ4v) is 1.16. The maximum atomic E-state index is 8.31. The van der Waals surface area contributed by atoms with Gasteiger partial charge in [-0.05, 0) is 19.1 Å². The highest BCUT2D eigenvalue weighted by Crippen LogP contribution is 2.12. The smallest absolute Gasteiger partial charge is 0.110 e. The van der Waals surface area contributed by atoms with Crippen LogP contribution in [-0.4, -0.2) is 0 Å². The molecule has 0 radical (unpaired) electrons. The van der Waals surface area contributed by atoms with Crippen LogP contribution in [0.4, 0.5) is 0 Å². The van der Waals surface area contributed by atoms with E-state index in [-0.39, 0.29) is 0 Å². The number of aryl methyl sites for hydroxylation is 1. The summed E-state index contributed by atoms with van der Waals surface area (Å²) in [5, 5.41) is 8.31. The first-order valence-electron chi connectivity index (χ1n) is 3.71. The van der Waals surface area contributed by atoms with E-state index < -0.39 is 0 Å². The van der Waals surface area contributed by atoms with Crippen LogP contribution in [0.25, 0.3) is 0 Å². The largest absolute Gasteiger partial charge is 0.192 e. The van der Waals surface area contributed by atoms with E-state index in [0.29, 0.717) is 0 Å². The lowest BCUT2D eigenvalue weighted by Gasteiger charge is -1.69. The van der Waals surface area contributed by atoms with Gasteiger partial charge < -0.3 is 0 Å². The maximum Gasteiger partial charge on any atom is 0.110 e. The van der Waals surface area contributed by atoms with Gasteiger partial charge in [-0.25, -0.2) is 0 Å². The van der Waals surface area contributed by atoms with Crippen molar-refractivity contribution in [2.45, 2.75) is 27.2 Å². The molecule has 1 aromatic rings. The van der Waals surface area contributed by atoms with Gasteiger partial charge in [-0.3, -0.25) is 0 Å². The van der Waals surface area contributed by atoms with E-state index in [4.69, 9.17) is 5.26 Å². The average molecular weight is 167 g/mol. The third-order valence-electron chi connectivity index (χ3n) is 0.851. The zero-order valence-corrected chi connectivity index (χ0v) is 8.03. The summed E-state index contributed by atoms with van der Waals surface area (Å²) in [6.07, 6.45) is 1.25. The van der Waals surface area contributed by atoms with Gasteiger partial charge in [-0.2, -0.15) is 5.26 Å². The van der Waals surface area contributed by atoms with Crippen LogP contribution in [0.1, 0.15) is 30.0 Å². The van der Waals surface area contributed by atoms with E-state index in [1.807, 2.05) is 19.1 Å². The van der Waals surface area contributed by atoms with Gasteiger partial charge in [0.05, 0.1) is 0 Å². The highest BCUT2D eigenvalue weighted by Gasteiger charge is 1.89. The normalized spacial score (nSPS) is 7.82. The van der Waals surface area contributed by atoms with Crippen molar-refractivity contribution in [1.82, 2.24) is 0 Å². The third kappa shape index (κ3) is 4.58. The molecule has 0 aliphatic heterocycles. The number of hydrogen-bond acceptors (Lipinski definition) is 2. The predicted molar refractivity (Wildman–Crippen MR) is 49.7 cm³/mol. The van der Waals surface area contributed by atoms with Gasteiger partial charge in [0.25, 0.3) is 0 Å². The van der Waals surface area contributed by atoms with Crippen molar-refractivity contribution < 1.29 is 0 Å². The predicted octanol–water partition coefficient (Wildman–Crippen LogP) is 3.34. The second-order valence-corrected chi connectivity index (χ2v) is 3.52. The van der Waals surface area contributed by atoms with Gasteiger partial charge in [0.1, 0.15) is 10.9 Å². The van der Waals surface area contributed by atoms with Gasteiger partial charge in [0.2, 0.25) is 0 Å². The third-order valence-corrected chi connectivity index (χ3v) is 1.76. The van der Waals surface area contributed by atoms with E-state index in [2.05, 4.69) is 19.9 Å². The lowest BCUT2D eigenvalue weighted by atomic mass is 10.5. The number of rotatable bonds is 0. The molecule has 1 rings (SSSR count). The second-order valence-electron chi connectivity index (χ2n) is 2.23. The van der Waals surface area contributed by atoms with Gasteiger partial charge >= 0.3 is 0 Å². The Morgan fingerprint density at radius 1 is 1.45 bits per heavy atom. The van der Waals surface area contributed by atoms with Crippen LogP contribution in [0.5, 0.6) is 0 Å². The zero-order valence-electron chi connectivity index (χ0n) is 7.22. The Labute approximate surface area is 72.3 Å². The van der Waals surface area contributed by atoms with Gasteiger partial charge in [-0.1, -0.05) is 20.3 Å². The Hall–Kier alpha value is -0.810. The van der Waals surface area contributed by atoms with E-state index >= 15 is 0 Å². The van der Waals surface area contributed by atoms with E-state index in [0.717, 1.165) is 4.88 Å². The summed E-state index contributed by atoms with van der Waals surface area (Å²) in [6, 6.07) is 5.85. The molecule has 60 valence electrons. The minimum absolute atomic E-state index is 0.794. The average Bonchev–Trinajstić information content (AvgIpc) is 2.37. The Morgan fingerprint density at radius 3 is 2.18 bits per heavy atom. The first-order valence-corrected chi connectivity index (χ1v) is 4.52. The molecule has 0 fully saturated rings. The Balaban J connectivity index is 0.000000292. The molecule has 1 aromatic heterocycles. The Kier molecular flexibility index (Phi) is 5.50. The summed E-state index contributed by atoms with van der Waals surface area (Å²) in [4.78, 5) is 1.99. The van der Waals surface area contributed by atoms with Crippen LogP contribution in [0.2, 0.25) is 0 Å². The van der Waals surface area contributed by atoms with Crippen LogP contribution in [-0.2, 0) is 0 Å². The highest BCUT2D eigenvalue weighted by atomic mass is 32.1. The topological polar surface area (TPSA) is 23.8 Å². The summed E-state index contributed by atoms with van der Waals surface area (Å²) in [5.74, 6) is 0. The number of hydrogen-bond donors (Lipinski definition) is 0. The van der Waals surface area contributed by atoms with Crippen LogP contribution in [0.15, 0.2) is 12.1 Å². The lowest BCUT2D eigenvalue weighted by Crippen LogP contribution is -1.50. The molecule has 0 atom stereocenters. The monoisotopic (exact) mass is 167 g/mol. The molecule has 1 nitrogen and oxygen atoms in total. The fraction of sp³-hybridized carbons (Fsp3) is 0.444. The quantitative estimate of drug-likeness (QED) is 0.581. The van der Waals surface area contributed by atoms with E-state index in [1.54, 1.807) is 0 Å². The molecular weight excluding hydrogens is 154 g/mol. The molecule has 11 heavy (non-hydrogen) atoms. The fourth-order valence-electron chi connectivity index (χ4n) is 0.495. The standard InChI is InChI=1S/C6H5NS.C3H8/c1-5-2-3-6(4-7)8-5;1-3-2/h2-3H,1H3;3H2,1-2H3. The van der Waals surface area contributed by atoms with Gasteiger partial charge in [0.15, 0.2) is 0 Å². The molecule has 0 spiro atoms. The van der Waals surface area contributed by atoms with Crippen molar-refractivity contribution in [3.05, 3.63) is 21.9 Å². The Morgan fingerprint density at radius 2 is 2.00 bits per heavy atom.